The Morgan fingerprint density at radius 2 is 1.67 bits per heavy atom. The van der Waals surface area contributed by atoms with Crippen LogP contribution in [0.15, 0.2) is 30.3 Å². The molecule has 1 aromatic carbocycles. The van der Waals surface area contributed by atoms with Crippen LogP contribution in [0, 0.1) is 0 Å². The molecule has 0 saturated carbocycles. The minimum absolute atomic E-state index is 0.592. The van der Waals surface area contributed by atoms with E-state index in [2.05, 4.69) is 15.5 Å². The van der Waals surface area contributed by atoms with Gasteiger partial charge in [0.25, 0.3) is 0 Å². The maximum atomic E-state index is 5.63. The molecule has 1 heterocycles. The van der Waals surface area contributed by atoms with E-state index >= 15 is 0 Å². The molecular weight excluding hydrogens is 266 g/mol. The van der Waals surface area contributed by atoms with Crippen LogP contribution in [0.5, 0.6) is 11.5 Å². The maximum absolute atomic E-state index is 5.63. The highest BCUT2D eigenvalue weighted by Gasteiger charge is 2.08. The van der Waals surface area contributed by atoms with E-state index in [1.54, 1.807) is 0 Å². The van der Waals surface area contributed by atoms with Crippen molar-refractivity contribution in [1.29, 1.82) is 0 Å². The van der Waals surface area contributed by atoms with E-state index in [1.807, 2.05) is 51.1 Å². The lowest BCUT2D eigenvalue weighted by Gasteiger charge is -2.12. The Hall–Kier alpha value is -2.30. The van der Waals surface area contributed by atoms with Crippen molar-refractivity contribution in [1.82, 2.24) is 10.2 Å². The molecule has 21 heavy (non-hydrogen) atoms. The molecule has 1 aromatic heterocycles. The summed E-state index contributed by atoms with van der Waals surface area (Å²) in [5.41, 5.74) is 1.76. The fourth-order valence-corrected chi connectivity index (χ4v) is 1.97. The number of rotatable bonds is 7. The smallest absolute Gasteiger partial charge is 0.161 e. The van der Waals surface area contributed by atoms with Gasteiger partial charge in [0.15, 0.2) is 11.5 Å². The molecule has 0 amide bonds. The summed E-state index contributed by atoms with van der Waals surface area (Å²) in [5.74, 6) is 2.26. The zero-order chi connectivity index (χ0) is 15.1. The Labute approximate surface area is 125 Å². The Balaban J connectivity index is 2.28. The molecule has 0 aliphatic rings. The van der Waals surface area contributed by atoms with Gasteiger partial charge in [-0.15, -0.1) is 10.2 Å². The minimum atomic E-state index is 0.592. The van der Waals surface area contributed by atoms with Crippen molar-refractivity contribution in [2.24, 2.45) is 0 Å². The van der Waals surface area contributed by atoms with Crippen LogP contribution in [0.2, 0.25) is 0 Å². The van der Waals surface area contributed by atoms with Gasteiger partial charge in [0, 0.05) is 12.1 Å². The Bertz CT molecular complexity index is 570. The van der Waals surface area contributed by atoms with Gasteiger partial charge in [-0.05, 0) is 51.1 Å². The number of ether oxygens (including phenoxy) is 2. The first kappa shape index (κ1) is 15.1. The molecule has 2 aromatic rings. The molecule has 2 rings (SSSR count). The van der Waals surface area contributed by atoms with Gasteiger partial charge in [-0.2, -0.15) is 0 Å². The highest BCUT2D eigenvalue weighted by atomic mass is 16.5. The first-order valence-electron chi connectivity index (χ1n) is 7.26. The number of aromatic nitrogens is 2. The van der Waals surface area contributed by atoms with E-state index in [4.69, 9.17) is 9.47 Å². The SMILES string of the molecule is CCNc1ccc(-c2ccc(OCC)c(OCC)c2)nn1. The van der Waals surface area contributed by atoms with Gasteiger partial charge in [-0.1, -0.05) is 0 Å². The van der Waals surface area contributed by atoms with Gasteiger partial charge < -0.3 is 14.8 Å². The lowest BCUT2D eigenvalue weighted by atomic mass is 10.1. The molecule has 112 valence electrons. The van der Waals surface area contributed by atoms with Crippen molar-refractivity contribution in [2.45, 2.75) is 20.8 Å². The van der Waals surface area contributed by atoms with Gasteiger partial charge in [0.05, 0.1) is 18.9 Å². The number of nitrogens with zero attached hydrogens (tertiary/aromatic N) is 2. The highest BCUT2D eigenvalue weighted by Crippen LogP contribution is 2.32. The summed E-state index contributed by atoms with van der Waals surface area (Å²) in [6, 6.07) is 9.67. The Morgan fingerprint density at radius 1 is 0.905 bits per heavy atom. The first-order chi connectivity index (χ1) is 10.3. The second kappa shape index (κ2) is 7.47. The molecule has 0 unspecified atom stereocenters. The summed E-state index contributed by atoms with van der Waals surface area (Å²) in [6.07, 6.45) is 0. The second-order valence-electron chi connectivity index (χ2n) is 4.36. The fourth-order valence-electron chi connectivity index (χ4n) is 1.97. The lowest BCUT2D eigenvalue weighted by molar-refractivity contribution is 0.288. The summed E-state index contributed by atoms with van der Waals surface area (Å²) in [7, 11) is 0. The normalized spacial score (nSPS) is 10.2. The van der Waals surface area contributed by atoms with Crippen molar-refractivity contribution >= 4 is 5.82 Å². The van der Waals surface area contributed by atoms with Gasteiger partial charge in [-0.25, -0.2) is 0 Å². The number of hydrogen-bond acceptors (Lipinski definition) is 5. The summed E-state index contributed by atoms with van der Waals surface area (Å²) >= 11 is 0. The van der Waals surface area contributed by atoms with E-state index in [-0.39, 0.29) is 0 Å². The predicted octanol–water partition coefficient (Wildman–Crippen LogP) is 3.37. The third-order valence-corrected chi connectivity index (χ3v) is 2.86. The number of benzene rings is 1. The lowest BCUT2D eigenvalue weighted by Crippen LogP contribution is -2.01. The fraction of sp³-hybridized carbons (Fsp3) is 0.375. The van der Waals surface area contributed by atoms with Crippen LogP contribution < -0.4 is 14.8 Å². The highest BCUT2D eigenvalue weighted by molar-refractivity contribution is 5.64. The van der Waals surface area contributed by atoms with E-state index in [0.717, 1.165) is 35.1 Å². The number of anilines is 1. The van der Waals surface area contributed by atoms with Gasteiger partial charge in [-0.3, -0.25) is 0 Å². The average molecular weight is 287 g/mol. The quantitative estimate of drug-likeness (QED) is 0.846. The van der Waals surface area contributed by atoms with Gasteiger partial charge >= 0.3 is 0 Å². The van der Waals surface area contributed by atoms with Gasteiger partial charge in [0.2, 0.25) is 0 Å². The first-order valence-corrected chi connectivity index (χ1v) is 7.26. The van der Waals surface area contributed by atoms with Crippen molar-refractivity contribution in [3.63, 3.8) is 0 Å². The molecule has 0 atom stereocenters. The van der Waals surface area contributed by atoms with E-state index in [1.165, 1.54) is 0 Å². The van der Waals surface area contributed by atoms with Crippen LogP contribution in [0.3, 0.4) is 0 Å². The standard InChI is InChI=1S/C16H21N3O2/c1-4-17-16-10-8-13(18-19-16)12-7-9-14(20-5-2)15(11-12)21-6-3/h7-11H,4-6H2,1-3H3,(H,17,19). The Kier molecular flexibility index (Phi) is 5.37. The van der Waals surface area contributed by atoms with E-state index in [9.17, 15) is 0 Å². The zero-order valence-electron chi connectivity index (χ0n) is 12.7. The molecule has 5 nitrogen and oxygen atoms in total. The van der Waals surface area contributed by atoms with Crippen LogP contribution >= 0.6 is 0 Å². The third-order valence-electron chi connectivity index (χ3n) is 2.86. The summed E-state index contributed by atoms with van der Waals surface area (Å²) < 4.78 is 11.2. The van der Waals surface area contributed by atoms with Crippen LogP contribution in [-0.2, 0) is 0 Å². The largest absolute Gasteiger partial charge is 0.490 e. The topological polar surface area (TPSA) is 56.3 Å². The summed E-state index contributed by atoms with van der Waals surface area (Å²) in [6.45, 7) is 7.95. The van der Waals surface area contributed by atoms with Crippen LogP contribution in [0.1, 0.15) is 20.8 Å². The van der Waals surface area contributed by atoms with Gasteiger partial charge in [0.1, 0.15) is 5.82 Å². The average Bonchev–Trinajstić information content (AvgIpc) is 2.51. The predicted molar refractivity (Wildman–Crippen MR) is 84.0 cm³/mol. The van der Waals surface area contributed by atoms with Crippen LogP contribution in [0.4, 0.5) is 5.82 Å². The van der Waals surface area contributed by atoms with Crippen molar-refractivity contribution < 1.29 is 9.47 Å². The van der Waals surface area contributed by atoms with E-state index < -0.39 is 0 Å². The second-order valence-corrected chi connectivity index (χ2v) is 4.36. The maximum Gasteiger partial charge on any atom is 0.161 e. The van der Waals surface area contributed by atoms with Crippen molar-refractivity contribution in [2.75, 3.05) is 25.1 Å². The molecular formula is C16H21N3O2. The van der Waals surface area contributed by atoms with E-state index in [0.29, 0.717) is 13.2 Å². The third kappa shape index (κ3) is 3.84. The molecule has 0 aliphatic heterocycles. The molecule has 0 radical (unpaired) electrons. The van der Waals surface area contributed by atoms with Crippen molar-refractivity contribution in [3.8, 4) is 22.8 Å². The van der Waals surface area contributed by atoms with Crippen LogP contribution in [0.25, 0.3) is 11.3 Å². The molecule has 1 N–H and O–H groups in total. The summed E-state index contributed by atoms with van der Waals surface area (Å²) in [5, 5.41) is 11.5. The molecule has 0 spiro atoms. The molecule has 0 aliphatic carbocycles. The summed E-state index contributed by atoms with van der Waals surface area (Å²) in [4.78, 5) is 0. The number of nitrogens with one attached hydrogen (secondary N) is 1. The molecule has 0 saturated heterocycles. The molecule has 5 heteroatoms. The van der Waals surface area contributed by atoms with Crippen molar-refractivity contribution in [3.05, 3.63) is 30.3 Å². The molecule has 0 bridgehead atoms. The number of hydrogen-bond donors (Lipinski definition) is 1. The minimum Gasteiger partial charge on any atom is -0.490 e. The Morgan fingerprint density at radius 3 is 2.29 bits per heavy atom. The van der Waals surface area contributed by atoms with Crippen LogP contribution in [-0.4, -0.2) is 30.0 Å². The monoisotopic (exact) mass is 287 g/mol. The molecule has 0 fully saturated rings. The zero-order valence-corrected chi connectivity index (χ0v) is 12.7.